The molecule has 0 fully saturated rings. The molecule has 2 rings (SSSR count). The monoisotopic (exact) mass is 175 g/mol. The lowest BCUT2D eigenvalue weighted by Crippen LogP contribution is -1.94. The lowest BCUT2D eigenvalue weighted by molar-refractivity contribution is 0.929. The van der Waals surface area contributed by atoms with Crippen LogP contribution in [0.5, 0.6) is 0 Å². The van der Waals surface area contributed by atoms with Gasteiger partial charge in [0.2, 0.25) is 0 Å². The van der Waals surface area contributed by atoms with Crippen molar-refractivity contribution in [2.45, 2.75) is 20.3 Å². The van der Waals surface area contributed by atoms with Gasteiger partial charge in [-0.2, -0.15) is 0 Å². The molecule has 0 spiro atoms. The van der Waals surface area contributed by atoms with Gasteiger partial charge < -0.3 is 10.1 Å². The molecule has 68 valence electrons. The summed E-state index contributed by atoms with van der Waals surface area (Å²) in [7, 11) is 0. The lowest BCUT2D eigenvalue weighted by atomic mass is 10.3. The predicted molar refractivity (Wildman–Crippen MR) is 53.7 cm³/mol. The van der Waals surface area contributed by atoms with Crippen LogP contribution in [0, 0.1) is 6.92 Å². The summed E-state index contributed by atoms with van der Waals surface area (Å²) in [4.78, 5) is 4.45. The van der Waals surface area contributed by atoms with Gasteiger partial charge in [0.15, 0.2) is 0 Å². The second-order valence-electron chi connectivity index (χ2n) is 3.15. The third-order valence-corrected chi connectivity index (χ3v) is 2.26. The Labute approximate surface area is 77.2 Å². The summed E-state index contributed by atoms with van der Waals surface area (Å²) < 4.78 is 2.06. The normalized spacial score (nSPS) is 10.9. The third kappa shape index (κ3) is 1.08. The Morgan fingerprint density at radius 3 is 3.00 bits per heavy atom. The quantitative estimate of drug-likeness (QED) is 0.718. The van der Waals surface area contributed by atoms with Crippen LogP contribution in [0.2, 0.25) is 0 Å². The zero-order chi connectivity index (χ0) is 9.42. The minimum atomic E-state index is 0.798. The SMILES string of the molecule is CCc1nc(C)c2c(N)cccn12. The number of nitrogens with two attached hydrogens (primary N) is 1. The van der Waals surface area contributed by atoms with Crippen LogP contribution in [0.25, 0.3) is 5.52 Å². The summed E-state index contributed by atoms with van der Waals surface area (Å²) in [5.41, 5.74) is 8.71. The highest BCUT2D eigenvalue weighted by molar-refractivity contribution is 5.72. The van der Waals surface area contributed by atoms with E-state index in [1.165, 1.54) is 0 Å². The van der Waals surface area contributed by atoms with Crippen LogP contribution in [-0.4, -0.2) is 9.38 Å². The fourth-order valence-corrected chi connectivity index (χ4v) is 1.67. The second kappa shape index (κ2) is 2.76. The summed E-state index contributed by atoms with van der Waals surface area (Å²) in [6.07, 6.45) is 2.93. The first kappa shape index (κ1) is 8.10. The van der Waals surface area contributed by atoms with Crippen LogP contribution in [0.3, 0.4) is 0 Å². The summed E-state index contributed by atoms with van der Waals surface area (Å²) in [6, 6.07) is 3.85. The average molecular weight is 175 g/mol. The molecule has 2 aromatic rings. The highest BCUT2D eigenvalue weighted by Gasteiger charge is 2.07. The molecule has 0 aromatic carbocycles. The summed E-state index contributed by atoms with van der Waals surface area (Å²) in [5.74, 6) is 1.07. The topological polar surface area (TPSA) is 43.3 Å². The van der Waals surface area contributed by atoms with Gasteiger partial charge in [-0.1, -0.05) is 6.92 Å². The Morgan fingerprint density at radius 1 is 1.54 bits per heavy atom. The molecule has 0 aliphatic heterocycles. The Hall–Kier alpha value is -1.51. The first-order chi connectivity index (χ1) is 6.24. The van der Waals surface area contributed by atoms with Gasteiger partial charge in [0.05, 0.1) is 16.9 Å². The van der Waals surface area contributed by atoms with Gasteiger partial charge in [0.25, 0.3) is 0 Å². The molecule has 2 heterocycles. The number of aromatic nitrogens is 2. The highest BCUT2D eigenvalue weighted by atomic mass is 15.0. The maximum Gasteiger partial charge on any atom is 0.113 e. The number of nitrogen functional groups attached to an aromatic ring is 1. The fourth-order valence-electron chi connectivity index (χ4n) is 1.67. The summed E-state index contributed by atoms with van der Waals surface area (Å²) >= 11 is 0. The molecule has 13 heavy (non-hydrogen) atoms. The van der Waals surface area contributed by atoms with E-state index in [0.717, 1.165) is 29.1 Å². The van der Waals surface area contributed by atoms with Gasteiger partial charge in [-0.05, 0) is 19.1 Å². The maximum absolute atomic E-state index is 5.86. The van der Waals surface area contributed by atoms with Gasteiger partial charge in [0, 0.05) is 12.6 Å². The van der Waals surface area contributed by atoms with Gasteiger partial charge in [-0.15, -0.1) is 0 Å². The number of anilines is 1. The van der Waals surface area contributed by atoms with Crippen molar-refractivity contribution in [3.05, 3.63) is 29.8 Å². The van der Waals surface area contributed by atoms with Crippen molar-refractivity contribution >= 4 is 11.2 Å². The number of rotatable bonds is 1. The van der Waals surface area contributed by atoms with Gasteiger partial charge in [-0.25, -0.2) is 4.98 Å². The van der Waals surface area contributed by atoms with E-state index in [-0.39, 0.29) is 0 Å². The van der Waals surface area contributed by atoms with E-state index >= 15 is 0 Å². The van der Waals surface area contributed by atoms with Gasteiger partial charge in [0.1, 0.15) is 5.82 Å². The van der Waals surface area contributed by atoms with Crippen LogP contribution in [0.4, 0.5) is 5.69 Å². The van der Waals surface area contributed by atoms with Crippen LogP contribution >= 0.6 is 0 Å². The van der Waals surface area contributed by atoms with Crippen molar-refractivity contribution in [3.63, 3.8) is 0 Å². The van der Waals surface area contributed by atoms with Crippen molar-refractivity contribution in [1.29, 1.82) is 0 Å². The molecule has 0 aliphatic carbocycles. The largest absolute Gasteiger partial charge is 0.397 e. The number of hydrogen-bond acceptors (Lipinski definition) is 2. The average Bonchev–Trinajstić information content (AvgIpc) is 2.44. The molecule has 2 aromatic heterocycles. The zero-order valence-electron chi connectivity index (χ0n) is 7.91. The molecule has 0 saturated heterocycles. The summed E-state index contributed by atoms with van der Waals surface area (Å²) in [6.45, 7) is 4.09. The number of hydrogen-bond donors (Lipinski definition) is 1. The third-order valence-electron chi connectivity index (χ3n) is 2.26. The number of aryl methyl sites for hydroxylation is 2. The second-order valence-corrected chi connectivity index (χ2v) is 3.15. The van der Waals surface area contributed by atoms with Gasteiger partial charge >= 0.3 is 0 Å². The molecular formula is C10H13N3. The van der Waals surface area contributed by atoms with Crippen molar-refractivity contribution < 1.29 is 0 Å². The van der Waals surface area contributed by atoms with E-state index in [1.807, 2.05) is 25.3 Å². The molecule has 0 atom stereocenters. The molecule has 0 saturated carbocycles. The van der Waals surface area contributed by atoms with Crippen molar-refractivity contribution in [2.75, 3.05) is 5.73 Å². The first-order valence-corrected chi connectivity index (χ1v) is 4.46. The molecule has 0 radical (unpaired) electrons. The lowest BCUT2D eigenvalue weighted by Gasteiger charge is -2.00. The standard InChI is InChI=1S/C10H13N3/c1-3-9-12-7(2)10-8(11)5-4-6-13(9)10/h4-6H,3,11H2,1-2H3. The van der Waals surface area contributed by atoms with Crippen LogP contribution in [0.15, 0.2) is 18.3 Å². The van der Waals surface area contributed by atoms with Crippen LogP contribution < -0.4 is 5.73 Å². The van der Waals surface area contributed by atoms with Crippen molar-refractivity contribution in [2.24, 2.45) is 0 Å². The minimum Gasteiger partial charge on any atom is -0.397 e. The molecule has 0 aliphatic rings. The molecule has 0 unspecified atom stereocenters. The fraction of sp³-hybridized carbons (Fsp3) is 0.300. The highest BCUT2D eigenvalue weighted by Crippen LogP contribution is 2.18. The Bertz CT molecular complexity index is 443. The molecule has 3 heteroatoms. The van der Waals surface area contributed by atoms with Gasteiger partial charge in [-0.3, -0.25) is 0 Å². The molecule has 0 bridgehead atoms. The molecule has 2 N–H and O–H groups in total. The predicted octanol–water partition coefficient (Wildman–Crippen LogP) is 1.79. The first-order valence-electron chi connectivity index (χ1n) is 4.46. The molecule has 0 amide bonds. The van der Waals surface area contributed by atoms with E-state index in [1.54, 1.807) is 0 Å². The van der Waals surface area contributed by atoms with Crippen LogP contribution in [-0.2, 0) is 6.42 Å². The summed E-state index contributed by atoms with van der Waals surface area (Å²) in [5, 5.41) is 0. The van der Waals surface area contributed by atoms with E-state index in [2.05, 4.69) is 16.3 Å². The molecular weight excluding hydrogens is 162 g/mol. The van der Waals surface area contributed by atoms with E-state index in [0.29, 0.717) is 0 Å². The van der Waals surface area contributed by atoms with Crippen LogP contribution in [0.1, 0.15) is 18.4 Å². The maximum atomic E-state index is 5.86. The Kier molecular flexibility index (Phi) is 1.72. The van der Waals surface area contributed by atoms with Crippen molar-refractivity contribution in [3.8, 4) is 0 Å². The van der Waals surface area contributed by atoms with E-state index in [9.17, 15) is 0 Å². The van der Waals surface area contributed by atoms with E-state index < -0.39 is 0 Å². The Balaban J connectivity index is 2.87. The number of nitrogens with zero attached hydrogens (tertiary/aromatic N) is 2. The van der Waals surface area contributed by atoms with E-state index in [4.69, 9.17) is 5.73 Å². The number of imidazole rings is 1. The minimum absolute atomic E-state index is 0.798. The Morgan fingerprint density at radius 2 is 2.31 bits per heavy atom. The van der Waals surface area contributed by atoms with Crippen molar-refractivity contribution in [1.82, 2.24) is 9.38 Å². The smallest absolute Gasteiger partial charge is 0.113 e. The molecule has 3 nitrogen and oxygen atoms in total. The zero-order valence-corrected chi connectivity index (χ0v) is 7.91. The number of pyridine rings is 1. The number of fused-ring (bicyclic) bond motifs is 1.